The van der Waals surface area contributed by atoms with Crippen molar-refractivity contribution in [3.8, 4) is 11.5 Å². The fraction of sp³-hybridized carbons (Fsp3) is 0.400. The number of aliphatic hydroxyl groups excluding tert-OH is 1. The molecule has 1 rings (SSSR count). The van der Waals surface area contributed by atoms with Gasteiger partial charge in [0, 0.05) is 6.07 Å². The molecule has 18 heavy (non-hydrogen) atoms. The van der Waals surface area contributed by atoms with E-state index in [-0.39, 0.29) is 18.0 Å². The molecule has 0 saturated carbocycles. The summed E-state index contributed by atoms with van der Waals surface area (Å²) in [6.45, 7) is 1.71. The van der Waals surface area contributed by atoms with Gasteiger partial charge in [-0.15, -0.1) is 12.4 Å². The monoisotopic (exact) mass is 278 g/mol. The third-order valence-corrected chi connectivity index (χ3v) is 2.51. The molecular formula is C10H15ClN2O5. The fourth-order valence-corrected chi connectivity index (χ4v) is 1.43. The third-order valence-electron chi connectivity index (χ3n) is 2.51. The van der Waals surface area contributed by atoms with Crippen LogP contribution in [-0.4, -0.2) is 26.3 Å². The van der Waals surface area contributed by atoms with E-state index < -0.39 is 34.3 Å². The molecule has 0 aliphatic carbocycles. The van der Waals surface area contributed by atoms with Gasteiger partial charge < -0.3 is 21.1 Å². The van der Waals surface area contributed by atoms with Crippen molar-refractivity contribution in [2.75, 3.05) is 0 Å². The zero-order chi connectivity index (χ0) is 13.2. The lowest BCUT2D eigenvalue weighted by Gasteiger charge is -2.17. The van der Waals surface area contributed by atoms with E-state index in [9.17, 15) is 25.4 Å². The highest BCUT2D eigenvalue weighted by atomic mass is 35.5. The van der Waals surface area contributed by atoms with Crippen molar-refractivity contribution >= 4 is 18.1 Å². The molecule has 0 bridgehead atoms. The Morgan fingerprint density at radius 3 is 2.44 bits per heavy atom. The van der Waals surface area contributed by atoms with Gasteiger partial charge in [-0.3, -0.25) is 10.1 Å². The predicted molar refractivity (Wildman–Crippen MR) is 66.9 cm³/mol. The van der Waals surface area contributed by atoms with Crippen LogP contribution in [0.15, 0.2) is 12.1 Å². The van der Waals surface area contributed by atoms with Crippen LogP contribution in [0.1, 0.15) is 24.9 Å². The molecule has 8 heteroatoms. The number of halogens is 1. The van der Waals surface area contributed by atoms with E-state index in [0.29, 0.717) is 6.42 Å². The molecule has 1 aromatic rings. The highest BCUT2D eigenvalue weighted by Crippen LogP contribution is 2.37. The number of nitrogens with two attached hydrogens (primary N) is 1. The van der Waals surface area contributed by atoms with E-state index in [1.807, 2.05) is 0 Å². The minimum atomic E-state index is -0.876. The lowest BCUT2D eigenvalue weighted by atomic mass is 9.99. The summed E-state index contributed by atoms with van der Waals surface area (Å²) in [6, 6.07) is 1.29. The fourth-order valence-electron chi connectivity index (χ4n) is 1.43. The number of benzene rings is 1. The molecule has 0 fully saturated rings. The number of nitrogens with zero attached hydrogens (tertiary/aromatic N) is 1. The van der Waals surface area contributed by atoms with Gasteiger partial charge in [0.15, 0.2) is 5.75 Å². The summed E-state index contributed by atoms with van der Waals surface area (Å²) in [5.41, 5.74) is 5.23. The first-order valence-corrected chi connectivity index (χ1v) is 5.02. The van der Waals surface area contributed by atoms with E-state index in [2.05, 4.69) is 0 Å². The third kappa shape index (κ3) is 3.22. The number of hydrogen-bond acceptors (Lipinski definition) is 6. The Balaban J connectivity index is 0.00000289. The molecular weight excluding hydrogens is 264 g/mol. The van der Waals surface area contributed by atoms with Crippen molar-refractivity contribution in [2.45, 2.75) is 25.5 Å². The van der Waals surface area contributed by atoms with E-state index in [4.69, 9.17) is 5.73 Å². The number of phenols is 2. The van der Waals surface area contributed by atoms with Crippen molar-refractivity contribution < 1.29 is 20.2 Å². The molecule has 0 aliphatic heterocycles. The first kappa shape index (κ1) is 16.4. The second kappa shape index (κ2) is 6.39. The topological polar surface area (TPSA) is 130 Å². The number of nitro groups is 1. The lowest BCUT2D eigenvalue weighted by Crippen LogP contribution is -2.25. The Morgan fingerprint density at radius 1 is 1.44 bits per heavy atom. The van der Waals surface area contributed by atoms with Crippen molar-refractivity contribution in [2.24, 2.45) is 5.73 Å². The first-order valence-electron chi connectivity index (χ1n) is 5.02. The summed E-state index contributed by atoms with van der Waals surface area (Å²) in [4.78, 5) is 9.79. The average molecular weight is 279 g/mol. The van der Waals surface area contributed by atoms with Gasteiger partial charge in [-0.1, -0.05) is 6.92 Å². The number of hydrogen-bond donors (Lipinski definition) is 4. The number of rotatable bonds is 4. The zero-order valence-electron chi connectivity index (χ0n) is 9.61. The highest BCUT2D eigenvalue weighted by Gasteiger charge is 2.23. The molecule has 0 aromatic heterocycles. The van der Waals surface area contributed by atoms with E-state index in [1.165, 1.54) is 0 Å². The Kier molecular flexibility index (Phi) is 5.83. The summed E-state index contributed by atoms with van der Waals surface area (Å²) < 4.78 is 0. The maximum absolute atomic E-state index is 10.6. The van der Waals surface area contributed by atoms with Gasteiger partial charge in [0.25, 0.3) is 0 Å². The van der Waals surface area contributed by atoms with Crippen LogP contribution in [0.25, 0.3) is 0 Å². The molecule has 0 radical (unpaired) electrons. The Labute approximate surface area is 109 Å². The molecule has 0 heterocycles. The number of phenolic OH excluding ortho intramolecular Hbond substituents is 2. The van der Waals surface area contributed by atoms with Crippen LogP contribution >= 0.6 is 12.4 Å². The van der Waals surface area contributed by atoms with Crippen LogP contribution < -0.4 is 5.73 Å². The van der Waals surface area contributed by atoms with Crippen LogP contribution in [0.5, 0.6) is 11.5 Å². The SMILES string of the molecule is CC[C@@H](O)[C@@H](N)c1cc(O)c(O)c([N+](=O)[O-])c1.Cl. The predicted octanol–water partition coefficient (Wildman–Crippen LogP) is 1.20. The van der Waals surface area contributed by atoms with Crippen LogP contribution in [0, 0.1) is 10.1 Å². The van der Waals surface area contributed by atoms with E-state index >= 15 is 0 Å². The van der Waals surface area contributed by atoms with E-state index in [1.54, 1.807) is 6.92 Å². The molecule has 0 saturated heterocycles. The van der Waals surface area contributed by atoms with Gasteiger partial charge in [-0.05, 0) is 18.1 Å². The minimum Gasteiger partial charge on any atom is -0.504 e. The first-order chi connectivity index (χ1) is 7.88. The van der Waals surface area contributed by atoms with Crippen molar-refractivity contribution in [3.63, 3.8) is 0 Å². The second-order valence-corrected chi connectivity index (χ2v) is 3.67. The summed E-state index contributed by atoms with van der Waals surface area (Å²) in [7, 11) is 0. The van der Waals surface area contributed by atoms with Gasteiger partial charge in [-0.25, -0.2) is 0 Å². The summed E-state index contributed by atoms with van der Waals surface area (Å²) in [5, 5.41) is 38.8. The van der Waals surface area contributed by atoms with Gasteiger partial charge in [-0.2, -0.15) is 0 Å². The lowest BCUT2D eigenvalue weighted by molar-refractivity contribution is -0.386. The number of aliphatic hydroxyl groups is 1. The largest absolute Gasteiger partial charge is 0.504 e. The van der Waals surface area contributed by atoms with Gasteiger partial charge >= 0.3 is 5.69 Å². The van der Waals surface area contributed by atoms with Crippen LogP contribution in [-0.2, 0) is 0 Å². The smallest absolute Gasteiger partial charge is 0.314 e. The number of nitro benzene ring substituents is 1. The Bertz CT molecular complexity index is 441. The standard InChI is InChI=1S/C10H14N2O5.ClH/c1-2-7(13)9(11)5-3-6(12(16)17)10(15)8(14)4-5;/h3-4,7,9,13-15H,2,11H2,1H3;1H/t7-,9+;/m1./s1. The summed E-state index contributed by atoms with van der Waals surface area (Å²) in [5.74, 6) is -1.44. The Hall–Kier alpha value is -1.57. The normalized spacial score (nSPS) is 13.5. The zero-order valence-corrected chi connectivity index (χ0v) is 10.4. The van der Waals surface area contributed by atoms with Crippen LogP contribution in [0.4, 0.5) is 5.69 Å². The van der Waals surface area contributed by atoms with Crippen molar-refractivity contribution in [1.29, 1.82) is 0 Å². The molecule has 102 valence electrons. The van der Waals surface area contributed by atoms with Crippen molar-refractivity contribution in [1.82, 2.24) is 0 Å². The highest BCUT2D eigenvalue weighted by molar-refractivity contribution is 5.85. The van der Waals surface area contributed by atoms with Crippen LogP contribution in [0.2, 0.25) is 0 Å². The van der Waals surface area contributed by atoms with E-state index in [0.717, 1.165) is 12.1 Å². The minimum absolute atomic E-state index is 0. The molecule has 0 unspecified atom stereocenters. The van der Waals surface area contributed by atoms with Gasteiger partial charge in [0.05, 0.1) is 17.1 Å². The van der Waals surface area contributed by atoms with Crippen molar-refractivity contribution in [3.05, 3.63) is 27.8 Å². The number of aromatic hydroxyl groups is 2. The molecule has 1 aromatic carbocycles. The molecule has 0 spiro atoms. The maximum Gasteiger partial charge on any atom is 0.314 e. The molecule has 7 nitrogen and oxygen atoms in total. The van der Waals surface area contributed by atoms with Crippen LogP contribution in [0.3, 0.4) is 0 Å². The van der Waals surface area contributed by atoms with Gasteiger partial charge in [0.2, 0.25) is 5.75 Å². The molecule has 2 atom stereocenters. The molecule has 5 N–H and O–H groups in total. The molecule has 0 amide bonds. The Morgan fingerprint density at radius 2 is 2.00 bits per heavy atom. The average Bonchev–Trinajstić information content (AvgIpc) is 2.30. The summed E-state index contributed by atoms with van der Waals surface area (Å²) >= 11 is 0. The quantitative estimate of drug-likeness (QED) is 0.372. The summed E-state index contributed by atoms with van der Waals surface area (Å²) in [6.07, 6.45) is -0.505. The second-order valence-electron chi connectivity index (χ2n) is 3.67. The van der Waals surface area contributed by atoms with Gasteiger partial charge in [0.1, 0.15) is 0 Å². The molecule has 0 aliphatic rings. The maximum atomic E-state index is 10.6.